The van der Waals surface area contributed by atoms with Crippen molar-refractivity contribution >= 4 is 17.6 Å². The summed E-state index contributed by atoms with van der Waals surface area (Å²) in [6, 6.07) is 1.61. The second-order valence-electron chi connectivity index (χ2n) is 3.80. The molecule has 0 fully saturated rings. The highest BCUT2D eigenvalue weighted by Crippen LogP contribution is 2.12. The minimum absolute atomic E-state index is 0.0568. The highest BCUT2D eigenvalue weighted by atomic mass is 16.4. The van der Waals surface area contributed by atoms with Crippen LogP contribution in [0.25, 0.3) is 0 Å². The van der Waals surface area contributed by atoms with E-state index in [-0.39, 0.29) is 12.5 Å². The molecule has 0 aromatic carbocycles. The minimum atomic E-state index is -0.832. The van der Waals surface area contributed by atoms with Crippen molar-refractivity contribution in [3.8, 4) is 0 Å². The summed E-state index contributed by atoms with van der Waals surface area (Å²) >= 11 is 0. The first-order valence-corrected chi connectivity index (χ1v) is 4.96. The number of rotatable bonds is 5. The summed E-state index contributed by atoms with van der Waals surface area (Å²) < 4.78 is 0. The molecule has 0 spiro atoms. The van der Waals surface area contributed by atoms with Crippen LogP contribution in [-0.4, -0.2) is 41.2 Å². The van der Waals surface area contributed by atoms with E-state index < -0.39 is 5.97 Å². The number of aliphatic carboxylic acids is 1. The Labute approximate surface area is 94.3 Å². The van der Waals surface area contributed by atoms with E-state index in [1.54, 1.807) is 13.0 Å². The predicted octanol–water partition coefficient (Wildman–Crippen LogP) is 0.818. The molecule has 1 aromatic heterocycles. The smallest absolute Gasteiger partial charge is 0.305 e. The van der Waals surface area contributed by atoms with Gasteiger partial charge in [-0.1, -0.05) is 0 Å². The molecule has 0 aliphatic carbocycles. The summed E-state index contributed by atoms with van der Waals surface area (Å²) in [5.74, 6) is 0.578. The Morgan fingerprint density at radius 2 is 2.25 bits per heavy atom. The van der Waals surface area contributed by atoms with Crippen molar-refractivity contribution in [1.29, 1.82) is 0 Å². The first kappa shape index (κ1) is 12.2. The van der Waals surface area contributed by atoms with E-state index in [2.05, 4.69) is 15.3 Å². The molecule has 0 radical (unpaired) electrons. The largest absolute Gasteiger partial charge is 0.481 e. The van der Waals surface area contributed by atoms with Gasteiger partial charge in [-0.3, -0.25) is 4.79 Å². The van der Waals surface area contributed by atoms with Crippen molar-refractivity contribution in [2.45, 2.75) is 19.4 Å². The molecule has 0 saturated heterocycles. The van der Waals surface area contributed by atoms with E-state index in [9.17, 15) is 4.79 Å². The zero-order chi connectivity index (χ0) is 12.1. The third-order valence-electron chi connectivity index (χ3n) is 1.99. The Morgan fingerprint density at radius 3 is 2.81 bits per heavy atom. The average Bonchev–Trinajstić information content (AvgIpc) is 2.16. The van der Waals surface area contributed by atoms with E-state index in [4.69, 9.17) is 5.11 Å². The Balaban J connectivity index is 2.66. The molecule has 0 bridgehead atoms. The maximum absolute atomic E-state index is 10.5. The molecule has 16 heavy (non-hydrogen) atoms. The molecule has 1 atom stereocenters. The van der Waals surface area contributed by atoms with Gasteiger partial charge < -0.3 is 15.3 Å². The van der Waals surface area contributed by atoms with Gasteiger partial charge in [-0.25, -0.2) is 9.97 Å². The molecule has 6 nitrogen and oxygen atoms in total. The van der Waals surface area contributed by atoms with Crippen LogP contribution in [0.5, 0.6) is 0 Å². The van der Waals surface area contributed by atoms with Crippen molar-refractivity contribution < 1.29 is 9.90 Å². The fraction of sp³-hybridized carbons (Fsp3) is 0.500. The molecule has 0 aliphatic rings. The summed E-state index contributed by atoms with van der Waals surface area (Å²) in [5.41, 5.74) is 0. The van der Waals surface area contributed by atoms with Crippen LogP contribution in [0.15, 0.2) is 12.4 Å². The summed E-state index contributed by atoms with van der Waals surface area (Å²) in [6.45, 7) is 1.80. The van der Waals surface area contributed by atoms with Crippen LogP contribution in [0.2, 0.25) is 0 Å². The van der Waals surface area contributed by atoms with Crippen molar-refractivity contribution in [2.24, 2.45) is 0 Å². The first-order valence-electron chi connectivity index (χ1n) is 4.96. The van der Waals surface area contributed by atoms with Crippen LogP contribution in [-0.2, 0) is 4.79 Å². The van der Waals surface area contributed by atoms with E-state index in [1.807, 2.05) is 19.0 Å². The number of nitrogens with zero attached hydrogens (tertiary/aromatic N) is 3. The lowest BCUT2D eigenvalue weighted by atomic mass is 10.2. The van der Waals surface area contributed by atoms with Crippen molar-refractivity contribution in [2.75, 3.05) is 24.3 Å². The molecule has 1 heterocycles. The number of nitrogens with one attached hydrogen (secondary N) is 1. The van der Waals surface area contributed by atoms with E-state index in [0.29, 0.717) is 5.82 Å². The molecule has 0 saturated carbocycles. The van der Waals surface area contributed by atoms with Crippen LogP contribution in [0, 0.1) is 0 Å². The second-order valence-corrected chi connectivity index (χ2v) is 3.80. The molecule has 1 aromatic rings. The Morgan fingerprint density at radius 1 is 1.56 bits per heavy atom. The molecular formula is C10H16N4O2. The maximum atomic E-state index is 10.5. The third kappa shape index (κ3) is 3.72. The molecule has 2 N–H and O–H groups in total. The fourth-order valence-electron chi connectivity index (χ4n) is 1.24. The topological polar surface area (TPSA) is 78.4 Å². The van der Waals surface area contributed by atoms with Crippen LogP contribution < -0.4 is 10.2 Å². The molecule has 1 unspecified atom stereocenters. The maximum Gasteiger partial charge on any atom is 0.305 e. The number of hydrogen-bond donors (Lipinski definition) is 2. The number of carboxylic acid groups (broad SMARTS) is 1. The van der Waals surface area contributed by atoms with Crippen LogP contribution in [0.3, 0.4) is 0 Å². The minimum Gasteiger partial charge on any atom is -0.481 e. The van der Waals surface area contributed by atoms with Crippen LogP contribution >= 0.6 is 0 Å². The number of aromatic nitrogens is 2. The standard InChI is InChI=1S/C10H16N4O2/c1-7(4-10(15)16)13-8-5-9(14(2)3)12-6-11-8/h5-7H,4H2,1-3H3,(H,15,16)(H,11,12,13). The number of carbonyl (C=O) groups is 1. The average molecular weight is 224 g/mol. The van der Waals surface area contributed by atoms with Gasteiger partial charge in [-0.05, 0) is 6.92 Å². The van der Waals surface area contributed by atoms with Gasteiger partial charge in [0.1, 0.15) is 18.0 Å². The summed E-state index contributed by atoms with van der Waals surface area (Å²) in [7, 11) is 3.76. The quantitative estimate of drug-likeness (QED) is 0.771. The number of hydrogen-bond acceptors (Lipinski definition) is 5. The van der Waals surface area contributed by atoms with Gasteiger partial charge in [-0.2, -0.15) is 0 Å². The van der Waals surface area contributed by atoms with E-state index >= 15 is 0 Å². The summed E-state index contributed by atoms with van der Waals surface area (Å²) in [5, 5.41) is 11.6. The summed E-state index contributed by atoms with van der Waals surface area (Å²) in [6.07, 6.45) is 1.51. The number of anilines is 2. The lowest BCUT2D eigenvalue weighted by Crippen LogP contribution is -2.20. The normalized spacial score (nSPS) is 11.9. The highest BCUT2D eigenvalue weighted by Gasteiger charge is 2.08. The van der Waals surface area contributed by atoms with Gasteiger partial charge in [0, 0.05) is 26.2 Å². The van der Waals surface area contributed by atoms with E-state index in [1.165, 1.54) is 6.33 Å². The second kappa shape index (κ2) is 5.29. The summed E-state index contributed by atoms with van der Waals surface area (Å²) in [4.78, 5) is 20.4. The zero-order valence-corrected chi connectivity index (χ0v) is 9.64. The zero-order valence-electron chi connectivity index (χ0n) is 9.64. The van der Waals surface area contributed by atoms with Crippen molar-refractivity contribution in [3.63, 3.8) is 0 Å². The number of carboxylic acids is 1. The van der Waals surface area contributed by atoms with Gasteiger partial charge >= 0.3 is 5.97 Å². The van der Waals surface area contributed by atoms with Crippen molar-refractivity contribution in [3.05, 3.63) is 12.4 Å². The lowest BCUT2D eigenvalue weighted by molar-refractivity contribution is -0.137. The van der Waals surface area contributed by atoms with Gasteiger partial charge in [-0.15, -0.1) is 0 Å². The van der Waals surface area contributed by atoms with Crippen LogP contribution in [0.4, 0.5) is 11.6 Å². The monoisotopic (exact) mass is 224 g/mol. The fourth-order valence-corrected chi connectivity index (χ4v) is 1.24. The highest BCUT2D eigenvalue weighted by molar-refractivity contribution is 5.68. The SMILES string of the molecule is CC(CC(=O)O)Nc1cc(N(C)C)ncn1. The van der Waals surface area contributed by atoms with Gasteiger partial charge in [0.15, 0.2) is 0 Å². The Bertz CT molecular complexity index is 368. The molecule has 0 amide bonds. The Hall–Kier alpha value is -1.85. The molecule has 1 rings (SSSR count). The van der Waals surface area contributed by atoms with E-state index in [0.717, 1.165) is 5.82 Å². The molecule has 88 valence electrons. The van der Waals surface area contributed by atoms with Gasteiger partial charge in [0.2, 0.25) is 0 Å². The lowest BCUT2D eigenvalue weighted by Gasteiger charge is -2.15. The molecular weight excluding hydrogens is 208 g/mol. The van der Waals surface area contributed by atoms with Crippen molar-refractivity contribution in [1.82, 2.24) is 9.97 Å². The van der Waals surface area contributed by atoms with Gasteiger partial charge in [0.25, 0.3) is 0 Å². The third-order valence-corrected chi connectivity index (χ3v) is 1.99. The predicted molar refractivity (Wildman–Crippen MR) is 61.7 cm³/mol. The Kier molecular flexibility index (Phi) is 4.04. The van der Waals surface area contributed by atoms with Gasteiger partial charge in [0.05, 0.1) is 6.42 Å². The van der Waals surface area contributed by atoms with Crippen LogP contribution in [0.1, 0.15) is 13.3 Å². The molecule has 0 aliphatic heterocycles. The first-order chi connectivity index (χ1) is 7.49. The molecule has 6 heteroatoms.